The Bertz CT molecular complexity index is 445. The number of pyridine rings is 1. The summed E-state index contributed by atoms with van der Waals surface area (Å²) in [5.74, 6) is 0.544. The fraction of sp³-hybridized carbons (Fsp3) is 0.600. The molecule has 110 valence electrons. The molecule has 2 atom stereocenters. The van der Waals surface area contributed by atoms with Crippen molar-refractivity contribution in [2.75, 3.05) is 21.1 Å². The fourth-order valence-corrected chi connectivity index (χ4v) is 2.56. The van der Waals surface area contributed by atoms with E-state index < -0.39 is 0 Å². The molecule has 1 aliphatic carbocycles. The van der Waals surface area contributed by atoms with Gasteiger partial charge in [0.15, 0.2) is 0 Å². The van der Waals surface area contributed by atoms with Crippen molar-refractivity contribution in [2.24, 2.45) is 0 Å². The minimum Gasteiger partial charge on any atom is -0.473 e. The zero-order valence-corrected chi connectivity index (χ0v) is 12.4. The number of rotatable bonds is 4. The number of nitrogens with zero attached hydrogens (tertiary/aromatic N) is 2. The molecule has 1 aromatic rings. The molecule has 20 heavy (non-hydrogen) atoms. The molecule has 1 saturated carbocycles. The van der Waals surface area contributed by atoms with Crippen LogP contribution in [-0.2, 0) is 0 Å². The van der Waals surface area contributed by atoms with E-state index in [9.17, 15) is 4.79 Å². The van der Waals surface area contributed by atoms with E-state index in [1.54, 1.807) is 32.4 Å². The number of nitrogens with one attached hydrogen (secondary N) is 1. The van der Waals surface area contributed by atoms with Gasteiger partial charge in [0.05, 0.1) is 5.56 Å². The van der Waals surface area contributed by atoms with Crippen molar-refractivity contribution in [3.63, 3.8) is 0 Å². The molecule has 5 nitrogen and oxygen atoms in total. The third-order valence-corrected chi connectivity index (χ3v) is 3.73. The van der Waals surface area contributed by atoms with E-state index in [1.807, 2.05) is 7.05 Å². The molecule has 1 N–H and O–H groups in total. The number of amides is 1. The average molecular weight is 277 g/mol. The maximum atomic E-state index is 11.8. The summed E-state index contributed by atoms with van der Waals surface area (Å²) >= 11 is 0. The summed E-state index contributed by atoms with van der Waals surface area (Å²) in [6.07, 6.45) is 6.37. The molecule has 1 aromatic heterocycles. The van der Waals surface area contributed by atoms with Crippen LogP contribution in [0.2, 0.25) is 0 Å². The van der Waals surface area contributed by atoms with Crippen molar-refractivity contribution in [1.82, 2.24) is 15.2 Å². The molecule has 1 amide bonds. The van der Waals surface area contributed by atoms with E-state index in [2.05, 4.69) is 10.3 Å². The van der Waals surface area contributed by atoms with Crippen LogP contribution in [0.5, 0.6) is 5.88 Å². The van der Waals surface area contributed by atoms with Crippen LogP contribution in [0.15, 0.2) is 18.3 Å². The lowest BCUT2D eigenvalue weighted by molar-refractivity contribution is 0.0826. The van der Waals surface area contributed by atoms with Gasteiger partial charge in [-0.15, -0.1) is 0 Å². The molecule has 0 aliphatic heterocycles. The SMILES string of the molecule is CNC1CCCCC1Oc1ccc(C(=O)N(C)C)cn1. The van der Waals surface area contributed by atoms with E-state index >= 15 is 0 Å². The van der Waals surface area contributed by atoms with Gasteiger partial charge in [0, 0.05) is 32.4 Å². The zero-order valence-electron chi connectivity index (χ0n) is 12.4. The van der Waals surface area contributed by atoms with Crippen molar-refractivity contribution in [2.45, 2.75) is 37.8 Å². The summed E-state index contributed by atoms with van der Waals surface area (Å²) < 4.78 is 5.96. The van der Waals surface area contributed by atoms with Crippen LogP contribution >= 0.6 is 0 Å². The van der Waals surface area contributed by atoms with Crippen molar-refractivity contribution in [3.8, 4) is 5.88 Å². The monoisotopic (exact) mass is 277 g/mol. The Hall–Kier alpha value is -1.62. The molecule has 0 saturated heterocycles. The third kappa shape index (κ3) is 3.48. The molecule has 1 heterocycles. The van der Waals surface area contributed by atoms with Crippen LogP contribution in [0, 0.1) is 0 Å². The van der Waals surface area contributed by atoms with Gasteiger partial charge in [0.2, 0.25) is 5.88 Å². The summed E-state index contributed by atoms with van der Waals surface area (Å²) in [5, 5.41) is 3.31. The molecule has 0 spiro atoms. The first-order valence-electron chi connectivity index (χ1n) is 7.13. The van der Waals surface area contributed by atoms with Gasteiger partial charge in [-0.2, -0.15) is 0 Å². The van der Waals surface area contributed by atoms with Crippen LogP contribution in [0.4, 0.5) is 0 Å². The number of aromatic nitrogens is 1. The summed E-state index contributed by atoms with van der Waals surface area (Å²) in [6, 6.07) is 3.92. The highest BCUT2D eigenvalue weighted by atomic mass is 16.5. The zero-order chi connectivity index (χ0) is 14.5. The van der Waals surface area contributed by atoms with Gasteiger partial charge in [0.1, 0.15) is 6.10 Å². The number of likely N-dealkylation sites (N-methyl/N-ethyl adjacent to an activating group) is 1. The number of carbonyl (C=O) groups excluding carboxylic acids is 1. The van der Waals surface area contributed by atoms with Gasteiger partial charge < -0.3 is 15.0 Å². The summed E-state index contributed by atoms with van der Waals surface area (Å²) in [5.41, 5.74) is 0.580. The van der Waals surface area contributed by atoms with Gasteiger partial charge in [-0.05, 0) is 32.4 Å². The highest BCUT2D eigenvalue weighted by Gasteiger charge is 2.25. The van der Waals surface area contributed by atoms with Crippen LogP contribution in [0.25, 0.3) is 0 Å². The van der Waals surface area contributed by atoms with Crippen LogP contribution in [0.3, 0.4) is 0 Å². The predicted octanol–water partition coefficient (Wildman–Crippen LogP) is 1.69. The maximum Gasteiger partial charge on any atom is 0.254 e. The van der Waals surface area contributed by atoms with Gasteiger partial charge in [-0.3, -0.25) is 4.79 Å². The molecule has 2 unspecified atom stereocenters. The molecule has 5 heteroatoms. The number of ether oxygens (including phenoxy) is 1. The molecular weight excluding hydrogens is 254 g/mol. The first-order valence-corrected chi connectivity index (χ1v) is 7.13. The Morgan fingerprint density at radius 1 is 1.35 bits per heavy atom. The summed E-state index contributed by atoms with van der Waals surface area (Å²) in [6.45, 7) is 0. The summed E-state index contributed by atoms with van der Waals surface area (Å²) in [7, 11) is 5.43. The normalized spacial score (nSPS) is 22.4. The number of hydrogen-bond donors (Lipinski definition) is 1. The minimum atomic E-state index is -0.0465. The van der Waals surface area contributed by atoms with Crippen molar-refractivity contribution >= 4 is 5.91 Å². The highest BCUT2D eigenvalue weighted by Crippen LogP contribution is 2.22. The second-order valence-electron chi connectivity index (χ2n) is 5.42. The van der Waals surface area contributed by atoms with E-state index in [1.165, 1.54) is 17.7 Å². The number of hydrogen-bond acceptors (Lipinski definition) is 4. The van der Waals surface area contributed by atoms with Crippen molar-refractivity contribution in [3.05, 3.63) is 23.9 Å². The lowest BCUT2D eigenvalue weighted by Gasteiger charge is -2.31. The number of carbonyl (C=O) groups is 1. The maximum absolute atomic E-state index is 11.8. The second-order valence-corrected chi connectivity index (χ2v) is 5.42. The summed E-state index contributed by atoms with van der Waals surface area (Å²) in [4.78, 5) is 17.6. The third-order valence-electron chi connectivity index (χ3n) is 3.73. The molecule has 2 rings (SSSR count). The molecule has 1 aliphatic rings. The quantitative estimate of drug-likeness (QED) is 0.910. The van der Waals surface area contributed by atoms with E-state index in [-0.39, 0.29) is 12.0 Å². The predicted molar refractivity (Wildman–Crippen MR) is 78.0 cm³/mol. The largest absolute Gasteiger partial charge is 0.473 e. The Balaban J connectivity index is 2.01. The molecular formula is C15H23N3O2. The van der Waals surface area contributed by atoms with E-state index in [0.29, 0.717) is 17.5 Å². The highest BCUT2D eigenvalue weighted by molar-refractivity contribution is 5.93. The fourth-order valence-electron chi connectivity index (χ4n) is 2.56. The molecule has 0 radical (unpaired) electrons. The van der Waals surface area contributed by atoms with Crippen LogP contribution < -0.4 is 10.1 Å². The molecule has 0 aromatic carbocycles. The van der Waals surface area contributed by atoms with E-state index in [0.717, 1.165) is 12.8 Å². The molecule has 0 bridgehead atoms. The second kappa shape index (κ2) is 6.70. The van der Waals surface area contributed by atoms with Gasteiger partial charge in [-0.25, -0.2) is 4.98 Å². The van der Waals surface area contributed by atoms with E-state index in [4.69, 9.17) is 4.74 Å². The van der Waals surface area contributed by atoms with Crippen molar-refractivity contribution < 1.29 is 9.53 Å². The van der Waals surface area contributed by atoms with Crippen molar-refractivity contribution in [1.29, 1.82) is 0 Å². The standard InChI is InChI=1S/C15H23N3O2/c1-16-12-6-4-5-7-13(12)20-14-9-8-11(10-17-14)15(19)18(2)3/h8-10,12-13,16H,4-7H2,1-3H3. The topological polar surface area (TPSA) is 54.5 Å². The van der Waals surface area contributed by atoms with Crippen LogP contribution in [-0.4, -0.2) is 49.1 Å². The van der Waals surface area contributed by atoms with Gasteiger partial charge in [-0.1, -0.05) is 6.42 Å². The Labute approximate surface area is 120 Å². The first kappa shape index (κ1) is 14.8. The smallest absolute Gasteiger partial charge is 0.254 e. The lowest BCUT2D eigenvalue weighted by atomic mass is 9.92. The lowest BCUT2D eigenvalue weighted by Crippen LogP contribution is -2.43. The first-order chi connectivity index (χ1) is 9.61. The van der Waals surface area contributed by atoms with Crippen LogP contribution in [0.1, 0.15) is 36.0 Å². The minimum absolute atomic E-state index is 0.0465. The van der Waals surface area contributed by atoms with Gasteiger partial charge in [0.25, 0.3) is 5.91 Å². The molecule has 1 fully saturated rings. The van der Waals surface area contributed by atoms with Gasteiger partial charge >= 0.3 is 0 Å². The Morgan fingerprint density at radius 3 is 2.70 bits per heavy atom. The average Bonchev–Trinajstić information content (AvgIpc) is 2.48. The Morgan fingerprint density at radius 2 is 2.10 bits per heavy atom. The Kier molecular flexibility index (Phi) is 4.95.